The van der Waals surface area contributed by atoms with Crippen LogP contribution in [-0.2, 0) is 17.9 Å². The van der Waals surface area contributed by atoms with Gasteiger partial charge in [-0.1, -0.05) is 17.2 Å². The largest absolute Gasteiger partial charge is 0.406 e. The van der Waals surface area contributed by atoms with E-state index in [4.69, 9.17) is 9.15 Å². The number of nitrogens with zero attached hydrogens (tertiary/aromatic N) is 2. The number of nitrogens with one attached hydrogen (secondary N) is 2. The Labute approximate surface area is 117 Å². The van der Waals surface area contributed by atoms with Crippen LogP contribution in [0.15, 0.2) is 28.7 Å². The van der Waals surface area contributed by atoms with E-state index in [1.807, 2.05) is 24.3 Å². The minimum Gasteiger partial charge on any atom is -0.406 e. The average Bonchev–Trinajstić information content (AvgIpc) is 3.18. The van der Waals surface area contributed by atoms with Crippen LogP contribution in [0.25, 0.3) is 0 Å². The first kappa shape index (κ1) is 13.1. The van der Waals surface area contributed by atoms with Crippen molar-refractivity contribution < 1.29 is 9.15 Å². The lowest BCUT2D eigenvalue weighted by molar-refractivity contribution is 0.185. The zero-order valence-corrected chi connectivity index (χ0v) is 11.4. The van der Waals surface area contributed by atoms with Gasteiger partial charge < -0.3 is 19.8 Å². The monoisotopic (exact) mass is 274 g/mol. The highest BCUT2D eigenvalue weighted by Crippen LogP contribution is 2.20. The van der Waals surface area contributed by atoms with Crippen LogP contribution in [-0.4, -0.2) is 23.3 Å². The molecule has 106 valence electrons. The van der Waals surface area contributed by atoms with E-state index in [1.165, 1.54) is 12.8 Å². The fraction of sp³-hybridized carbons (Fsp3) is 0.429. The maximum atomic E-state index is 5.54. The summed E-state index contributed by atoms with van der Waals surface area (Å²) in [6, 6.07) is 8.95. The molecule has 0 amide bonds. The predicted octanol–water partition coefficient (Wildman–Crippen LogP) is 2.21. The number of rotatable bonds is 7. The maximum absolute atomic E-state index is 5.54. The molecule has 1 fully saturated rings. The van der Waals surface area contributed by atoms with Crippen molar-refractivity contribution in [3.05, 3.63) is 35.7 Å². The molecule has 0 spiro atoms. The Bertz CT molecular complexity index is 566. The normalized spacial score (nSPS) is 14.4. The molecule has 1 aromatic heterocycles. The molecular weight excluding hydrogens is 256 g/mol. The summed E-state index contributed by atoms with van der Waals surface area (Å²) in [5, 5.41) is 14.4. The molecule has 2 N–H and O–H groups in total. The van der Waals surface area contributed by atoms with Gasteiger partial charge in [-0.25, -0.2) is 0 Å². The Kier molecular flexibility index (Phi) is 3.94. The third-order valence-corrected chi connectivity index (χ3v) is 3.08. The summed E-state index contributed by atoms with van der Waals surface area (Å²) in [7, 11) is 1.68. The van der Waals surface area contributed by atoms with E-state index in [9.17, 15) is 0 Å². The molecule has 0 radical (unpaired) electrons. The zero-order valence-electron chi connectivity index (χ0n) is 11.4. The smallest absolute Gasteiger partial charge is 0.320 e. The van der Waals surface area contributed by atoms with E-state index in [0.717, 1.165) is 11.3 Å². The molecule has 1 aliphatic rings. The molecule has 1 heterocycles. The van der Waals surface area contributed by atoms with Crippen LogP contribution in [0.5, 0.6) is 0 Å². The second kappa shape index (κ2) is 6.02. The van der Waals surface area contributed by atoms with Crippen molar-refractivity contribution in [2.75, 3.05) is 12.4 Å². The van der Waals surface area contributed by atoms with Gasteiger partial charge in [-0.2, -0.15) is 0 Å². The van der Waals surface area contributed by atoms with Gasteiger partial charge in [-0.3, -0.25) is 0 Å². The summed E-state index contributed by atoms with van der Waals surface area (Å²) in [6.07, 6.45) is 2.48. The Morgan fingerprint density at radius 2 is 2.25 bits per heavy atom. The second-order valence-corrected chi connectivity index (χ2v) is 4.91. The number of aromatic nitrogens is 2. The van der Waals surface area contributed by atoms with Crippen molar-refractivity contribution in [1.29, 1.82) is 0 Å². The van der Waals surface area contributed by atoms with Crippen molar-refractivity contribution >= 4 is 11.7 Å². The third kappa shape index (κ3) is 3.55. The van der Waals surface area contributed by atoms with Gasteiger partial charge in [0.1, 0.15) is 0 Å². The van der Waals surface area contributed by atoms with Crippen LogP contribution >= 0.6 is 0 Å². The molecule has 1 saturated carbocycles. The van der Waals surface area contributed by atoms with Crippen LogP contribution in [0.2, 0.25) is 0 Å². The van der Waals surface area contributed by atoms with Gasteiger partial charge in [0.25, 0.3) is 0 Å². The summed E-state index contributed by atoms with van der Waals surface area (Å²) in [5.74, 6) is 0.604. The van der Waals surface area contributed by atoms with Crippen molar-refractivity contribution in [1.82, 2.24) is 15.5 Å². The molecule has 2 aromatic rings. The van der Waals surface area contributed by atoms with Crippen molar-refractivity contribution in [3.8, 4) is 0 Å². The minimum atomic E-state index is 0.409. The SMILES string of the molecule is COCc1cccc(Nc2nnc(CNC3CC3)o2)c1. The molecule has 1 aromatic carbocycles. The molecule has 0 bridgehead atoms. The quantitative estimate of drug-likeness (QED) is 0.806. The highest BCUT2D eigenvalue weighted by atomic mass is 16.5. The predicted molar refractivity (Wildman–Crippen MR) is 74.6 cm³/mol. The number of benzene rings is 1. The van der Waals surface area contributed by atoms with Gasteiger partial charge in [0.05, 0.1) is 13.2 Å². The topological polar surface area (TPSA) is 72.2 Å². The lowest BCUT2D eigenvalue weighted by atomic mass is 10.2. The Morgan fingerprint density at radius 1 is 1.35 bits per heavy atom. The standard InChI is InChI=1S/C14H18N4O2/c1-19-9-10-3-2-4-12(7-10)16-14-18-17-13(20-14)8-15-11-5-6-11/h2-4,7,11,15H,5-6,8-9H2,1H3,(H,16,18). The van der Waals surface area contributed by atoms with E-state index in [0.29, 0.717) is 31.1 Å². The molecule has 1 aliphatic carbocycles. The number of hydrogen-bond donors (Lipinski definition) is 2. The number of methoxy groups -OCH3 is 1. The van der Waals surface area contributed by atoms with Gasteiger partial charge in [0.15, 0.2) is 0 Å². The molecule has 3 rings (SSSR count). The molecule has 6 nitrogen and oxygen atoms in total. The van der Waals surface area contributed by atoms with Crippen LogP contribution in [0, 0.1) is 0 Å². The molecule has 6 heteroatoms. The lowest BCUT2D eigenvalue weighted by Crippen LogP contribution is -2.15. The summed E-state index contributed by atoms with van der Waals surface area (Å²) < 4.78 is 10.6. The molecular formula is C14H18N4O2. The highest BCUT2D eigenvalue weighted by Gasteiger charge is 2.21. The molecule has 20 heavy (non-hydrogen) atoms. The summed E-state index contributed by atoms with van der Waals surface area (Å²) in [5.41, 5.74) is 2.00. The fourth-order valence-electron chi connectivity index (χ4n) is 1.92. The van der Waals surface area contributed by atoms with Crippen LogP contribution in [0.4, 0.5) is 11.7 Å². The number of ether oxygens (including phenoxy) is 1. The van der Waals surface area contributed by atoms with Crippen LogP contribution in [0.1, 0.15) is 24.3 Å². The second-order valence-electron chi connectivity index (χ2n) is 4.91. The van der Waals surface area contributed by atoms with Gasteiger partial charge >= 0.3 is 6.01 Å². The molecule has 0 aliphatic heterocycles. The van der Waals surface area contributed by atoms with E-state index < -0.39 is 0 Å². The number of anilines is 2. The Hall–Kier alpha value is -1.92. The highest BCUT2D eigenvalue weighted by molar-refractivity contribution is 5.52. The number of hydrogen-bond acceptors (Lipinski definition) is 6. The molecule has 0 unspecified atom stereocenters. The van der Waals surface area contributed by atoms with Gasteiger partial charge in [-0.15, -0.1) is 5.10 Å². The summed E-state index contributed by atoms with van der Waals surface area (Å²) >= 11 is 0. The van der Waals surface area contributed by atoms with Crippen molar-refractivity contribution in [2.45, 2.75) is 32.0 Å². The first-order valence-electron chi connectivity index (χ1n) is 6.74. The average molecular weight is 274 g/mol. The van der Waals surface area contributed by atoms with Crippen LogP contribution in [0.3, 0.4) is 0 Å². The minimum absolute atomic E-state index is 0.409. The molecule has 0 saturated heterocycles. The lowest BCUT2D eigenvalue weighted by Gasteiger charge is -2.04. The van der Waals surface area contributed by atoms with E-state index in [-0.39, 0.29) is 0 Å². The van der Waals surface area contributed by atoms with Gasteiger partial charge in [0, 0.05) is 18.8 Å². The summed E-state index contributed by atoms with van der Waals surface area (Å²) in [4.78, 5) is 0. The van der Waals surface area contributed by atoms with Gasteiger partial charge in [-0.05, 0) is 30.5 Å². The van der Waals surface area contributed by atoms with Crippen molar-refractivity contribution in [3.63, 3.8) is 0 Å². The molecule has 0 atom stereocenters. The van der Waals surface area contributed by atoms with E-state index in [1.54, 1.807) is 7.11 Å². The van der Waals surface area contributed by atoms with Crippen molar-refractivity contribution in [2.24, 2.45) is 0 Å². The van der Waals surface area contributed by atoms with E-state index in [2.05, 4.69) is 20.8 Å². The Balaban J connectivity index is 1.60. The fourth-order valence-corrected chi connectivity index (χ4v) is 1.92. The first-order chi connectivity index (χ1) is 9.83. The van der Waals surface area contributed by atoms with Crippen LogP contribution < -0.4 is 10.6 Å². The van der Waals surface area contributed by atoms with Gasteiger partial charge in [0.2, 0.25) is 5.89 Å². The maximum Gasteiger partial charge on any atom is 0.320 e. The first-order valence-corrected chi connectivity index (χ1v) is 6.74. The Morgan fingerprint density at radius 3 is 3.05 bits per heavy atom. The van der Waals surface area contributed by atoms with E-state index >= 15 is 0 Å². The summed E-state index contributed by atoms with van der Waals surface area (Å²) in [6.45, 7) is 1.21. The third-order valence-electron chi connectivity index (χ3n) is 3.08. The zero-order chi connectivity index (χ0) is 13.8.